The lowest BCUT2D eigenvalue weighted by molar-refractivity contribution is -0.379. The van der Waals surface area contributed by atoms with Gasteiger partial charge in [-0.2, -0.15) is 0 Å². The van der Waals surface area contributed by atoms with Crippen LogP contribution < -0.4 is 9.64 Å². The topological polar surface area (TPSA) is 77.7 Å². The molecule has 1 aromatic rings. The molecule has 0 N–H and O–H groups in total. The van der Waals surface area contributed by atoms with Gasteiger partial charge in [0.1, 0.15) is 5.60 Å². The molecule has 1 aliphatic rings. The van der Waals surface area contributed by atoms with Crippen LogP contribution in [-0.2, 0) is 4.74 Å². The van der Waals surface area contributed by atoms with Gasteiger partial charge in [-0.25, -0.2) is 0 Å². The molecular weight excluding hydrogens is 270 g/mol. The number of anilines is 1. The van der Waals surface area contributed by atoms with Gasteiger partial charge in [-0.15, -0.1) is 4.37 Å². The van der Waals surface area contributed by atoms with Crippen molar-refractivity contribution in [3.8, 4) is 5.88 Å². The molecule has 0 atom stereocenters. The van der Waals surface area contributed by atoms with Crippen LogP contribution in [0, 0.1) is 10.1 Å². The number of nitro groups is 1. The molecule has 19 heavy (non-hydrogen) atoms. The minimum atomic E-state index is -0.441. The van der Waals surface area contributed by atoms with Gasteiger partial charge in [-0.1, -0.05) is 0 Å². The maximum atomic E-state index is 11.1. The van der Waals surface area contributed by atoms with Gasteiger partial charge in [0.05, 0.1) is 18.1 Å². The van der Waals surface area contributed by atoms with Gasteiger partial charge in [-0.3, -0.25) is 10.1 Å². The van der Waals surface area contributed by atoms with Crippen LogP contribution in [0.1, 0.15) is 20.8 Å². The lowest BCUT2D eigenvalue weighted by Crippen LogP contribution is -2.37. The zero-order valence-corrected chi connectivity index (χ0v) is 12.0. The third kappa shape index (κ3) is 3.32. The van der Waals surface area contributed by atoms with Crippen LogP contribution in [0.15, 0.2) is 0 Å². The van der Waals surface area contributed by atoms with E-state index < -0.39 is 10.5 Å². The molecule has 0 spiro atoms. The number of hydrogen-bond donors (Lipinski definition) is 0. The monoisotopic (exact) mass is 287 g/mol. The van der Waals surface area contributed by atoms with Crippen molar-refractivity contribution in [1.29, 1.82) is 0 Å². The number of ether oxygens (including phenoxy) is 2. The lowest BCUT2D eigenvalue weighted by Gasteiger charge is -2.29. The van der Waals surface area contributed by atoms with Crippen molar-refractivity contribution in [3.05, 3.63) is 10.1 Å². The van der Waals surface area contributed by atoms with Crippen molar-refractivity contribution < 1.29 is 14.4 Å². The van der Waals surface area contributed by atoms with Gasteiger partial charge in [0.2, 0.25) is 0 Å². The fourth-order valence-electron chi connectivity index (χ4n) is 1.80. The highest BCUT2D eigenvalue weighted by Gasteiger charge is 2.32. The van der Waals surface area contributed by atoms with Crippen molar-refractivity contribution in [2.24, 2.45) is 0 Å². The Labute approximate surface area is 115 Å². The number of morpholine rings is 1. The molecule has 1 aliphatic heterocycles. The predicted molar refractivity (Wildman–Crippen MR) is 72.2 cm³/mol. The number of rotatable bonds is 3. The van der Waals surface area contributed by atoms with Crippen molar-refractivity contribution in [2.45, 2.75) is 26.4 Å². The van der Waals surface area contributed by atoms with E-state index >= 15 is 0 Å². The Morgan fingerprint density at radius 2 is 2.05 bits per heavy atom. The summed E-state index contributed by atoms with van der Waals surface area (Å²) >= 11 is 0.862. The largest absolute Gasteiger partial charge is 0.470 e. The van der Waals surface area contributed by atoms with E-state index in [2.05, 4.69) is 4.37 Å². The summed E-state index contributed by atoms with van der Waals surface area (Å²) in [7, 11) is 0. The Bertz CT molecular complexity index is 463. The predicted octanol–water partition coefficient (Wildman–Crippen LogP) is 2.07. The molecule has 0 unspecified atom stereocenters. The number of hydrogen-bond acceptors (Lipinski definition) is 7. The van der Waals surface area contributed by atoms with E-state index in [9.17, 15) is 10.1 Å². The van der Waals surface area contributed by atoms with Gasteiger partial charge in [0, 0.05) is 24.6 Å². The Hall–Kier alpha value is -1.41. The van der Waals surface area contributed by atoms with E-state index in [1.54, 1.807) is 0 Å². The first-order valence-electron chi connectivity index (χ1n) is 6.04. The van der Waals surface area contributed by atoms with E-state index in [-0.39, 0.29) is 5.00 Å². The summed E-state index contributed by atoms with van der Waals surface area (Å²) in [6.45, 7) is 8.01. The SMILES string of the molecule is CC(C)(C)Oc1nsc([N+](=O)[O-])c1N1CCOCC1. The molecule has 0 aliphatic carbocycles. The van der Waals surface area contributed by atoms with Crippen molar-refractivity contribution in [2.75, 3.05) is 31.2 Å². The maximum Gasteiger partial charge on any atom is 0.370 e. The summed E-state index contributed by atoms with van der Waals surface area (Å²) in [4.78, 5) is 12.6. The van der Waals surface area contributed by atoms with Gasteiger partial charge in [0.25, 0.3) is 5.88 Å². The molecule has 0 saturated carbocycles. The first-order valence-corrected chi connectivity index (χ1v) is 6.81. The van der Waals surface area contributed by atoms with Crippen molar-refractivity contribution >= 4 is 22.2 Å². The second-order valence-electron chi connectivity index (χ2n) is 5.21. The Morgan fingerprint density at radius 3 is 2.58 bits per heavy atom. The third-order valence-electron chi connectivity index (χ3n) is 2.52. The second-order valence-corrected chi connectivity index (χ2v) is 5.96. The molecular formula is C11H17N3O4S. The minimum absolute atomic E-state index is 0.0288. The Morgan fingerprint density at radius 1 is 1.42 bits per heavy atom. The average Bonchev–Trinajstić information content (AvgIpc) is 2.71. The van der Waals surface area contributed by atoms with Crippen LogP contribution in [0.5, 0.6) is 5.88 Å². The number of aromatic nitrogens is 1. The smallest absolute Gasteiger partial charge is 0.370 e. The highest BCUT2D eigenvalue weighted by Crippen LogP contribution is 2.42. The lowest BCUT2D eigenvalue weighted by atomic mass is 10.2. The molecule has 8 heteroatoms. The number of nitrogens with zero attached hydrogens (tertiary/aromatic N) is 3. The summed E-state index contributed by atoms with van der Waals surface area (Å²) in [6, 6.07) is 0. The zero-order valence-electron chi connectivity index (χ0n) is 11.2. The van der Waals surface area contributed by atoms with Gasteiger partial charge in [-0.05, 0) is 20.8 Å². The highest BCUT2D eigenvalue weighted by atomic mass is 32.1. The summed E-state index contributed by atoms with van der Waals surface area (Å²) in [5, 5.41) is 11.1. The fraction of sp³-hybridized carbons (Fsp3) is 0.727. The minimum Gasteiger partial charge on any atom is -0.470 e. The summed E-state index contributed by atoms with van der Waals surface area (Å²) in [5.41, 5.74) is 0.0383. The van der Waals surface area contributed by atoms with E-state index in [0.717, 1.165) is 11.5 Å². The molecule has 1 saturated heterocycles. The second kappa shape index (κ2) is 5.30. The van der Waals surface area contributed by atoms with Gasteiger partial charge < -0.3 is 14.4 Å². The molecule has 1 aromatic heterocycles. The van der Waals surface area contributed by atoms with Gasteiger partial charge >= 0.3 is 5.00 Å². The zero-order chi connectivity index (χ0) is 14.0. The van der Waals surface area contributed by atoms with Crippen LogP contribution in [0.2, 0.25) is 0 Å². The Balaban J connectivity index is 2.35. The molecule has 0 aromatic carbocycles. The molecule has 7 nitrogen and oxygen atoms in total. The van der Waals surface area contributed by atoms with Crippen LogP contribution in [0.4, 0.5) is 10.7 Å². The van der Waals surface area contributed by atoms with Gasteiger partial charge in [0.15, 0.2) is 5.69 Å². The van der Waals surface area contributed by atoms with Crippen molar-refractivity contribution in [3.63, 3.8) is 0 Å². The van der Waals surface area contributed by atoms with E-state index in [1.165, 1.54) is 0 Å². The molecule has 2 rings (SSSR count). The molecule has 0 amide bonds. The first-order chi connectivity index (χ1) is 8.88. The van der Waals surface area contributed by atoms with Crippen LogP contribution in [0.25, 0.3) is 0 Å². The Kier molecular flexibility index (Phi) is 3.91. The molecule has 0 radical (unpaired) electrons. The van der Waals surface area contributed by atoms with Crippen molar-refractivity contribution in [1.82, 2.24) is 4.37 Å². The summed E-state index contributed by atoms with van der Waals surface area (Å²) in [6.07, 6.45) is 0. The highest BCUT2D eigenvalue weighted by molar-refractivity contribution is 7.10. The van der Waals surface area contributed by atoms with Crippen LogP contribution in [0.3, 0.4) is 0 Å². The molecule has 2 heterocycles. The molecule has 0 bridgehead atoms. The summed E-state index contributed by atoms with van der Waals surface area (Å²) in [5.74, 6) is 0.339. The van der Waals surface area contributed by atoms with Crippen LogP contribution in [-0.4, -0.2) is 41.2 Å². The quantitative estimate of drug-likeness (QED) is 0.625. The van der Waals surface area contributed by atoms with E-state index in [0.29, 0.717) is 37.9 Å². The fourth-order valence-corrected chi connectivity index (χ4v) is 2.46. The molecule has 1 fully saturated rings. The third-order valence-corrected chi connectivity index (χ3v) is 3.29. The average molecular weight is 287 g/mol. The molecule has 106 valence electrons. The standard InChI is InChI=1S/C11H17N3O4S/c1-11(2,3)18-9-8(10(14(15)16)19-12-9)13-4-6-17-7-5-13/h4-7H2,1-3H3. The first kappa shape index (κ1) is 14.0. The van der Waals surface area contributed by atoms with Crippen LogP contribution >= 0.6 is 11.5 Å². The van der Waals surface area contributed by atoms with E-state index in [4.69, 9.17) is 9.47 Å². The summed E-state index contributed by atoms with van der Waals surface area (Å²) < 4.78 is 15.1. The van der Waals surface area contributed by atoms with E-state index in [1.807, 2.05) is 25.7 Å². The normalized spacial score (nSPS) is 16.5. The maximum absolute atomic E-state index is 11.1.